The molecule has 1 saturated carbocycles. The van der Waals surface area contributed by atoms with E-state index < -0.39 is 11.7 Å². The fourth-order valence-corrected chi connectivity index (χ4v) is 2.05. The lowest BCUT2D eigenvalue weighted by atomic mass is 10.1. The molecule has 0 aromatic heterocycles. The molecule has 22 heavy (non-hydrogen) atoms. The van der Waals surface area contributed by atoms with Crippen molar-refractivity contribution < 1.29 is 14.3 Å². The summed E-state index contributed by atoms with van der Waals surface area (Å²) in [5.41, 5.74) is 0.681. The second-order valence-electron chi connectivity index (χ2n) is 6.78. The van der Waals surface area contributed by atoms with Crippen molar-refractivity contribution in [1.82, 2.24) is 5.32 Å². The number of alkyl carbamates (subject to hydrolysis) is 1. The van der Waals surface area contributed by atoms with Crippen molar-refractivity contribution in [3.05, 3.63) is 29.3 Å². The first-order valence-corrected chi connectivity index (χ1v) is 7.38. The monoisotopic (exact) mass is 302 g/mol. The summed E-state index contributed by atoms with van der Waals surface area (Å²) in [6, 6.07) is 7.48. The molecule has 1 fully saturated rings. The van der Waals surface area contributed by atoms with Gasteiger partial charge in [-0.3, -0.25) is 0 Å². The predicted octanol–water partition coefficient (Wildman–Crippen LogP) is 3.30. The minimum atomic E-state index is -0.509. The van der Waals surface area contributed by atoms with Gasteiger partial charge in [0.05, 0.1) is 17.2 Å². The third kappa shape index (κ3) is 4.39. The molecule has 0 aliphatic heterocycles. The van der Waals surface area contributed by atoms with E-state index in [1.165, 1.54) is 0 Å². The van der Waals surface area contributed by atoms with Gasteiger partial charge in [0.1, 0.15) is 18.0 Å². The molecular weight excluding hydrogens is 280 g/mol. The lowest BCUT2D eigenvalue weighted by molar-refractivity contribution is 0.0477. The molecule has 1 aliphatic carbocycles. The van der Waals surface area contributed by atoms with Crippen LogP contribution in [0.1, 0.15) is 44.7 Å². The average molecular weight is 302 g/mol. The van der Waals surface area contributed by atoms with Gasteiger partial charge >= 0.3 is 6.09 Å². The van der Waals surface area contributed by atoms with Crippen LogP contribution in [0.2, 0.25) is 0 Å². The summed E-state index contributed by atoms with van der Waals surface area (Å²) in [6.07, 6.45) is 1.34. The summed E-state index contributed by atoms with van der Waals surface area (Å²) in [4.78, 5) is 11.8. The molecule has 1 aromatic rings. The second-order valence-corrected chi connectivity index (χ2v) is 6.78. The highest BCUT2D eigenvalue weighted by molar-refractivity contribution is 5.69. The topological polar surface area (TPSA) is 71.3 Å². The number of nitrogens with one attached hydrogen (secondary N) is 1. The first kappa shape index (κ1) is 16.2. The Bertz CT molecular complexity index is 607. The number of aryl methyl sites for hydroxylation is 1. The Hall–Kier alpha value is -2.22. The number of nitrogens with zero attached hydrogens (tertiary/aromatic N) is 1. The SMILES string of the molecule is Cc1cc(OCC2(NC(=O)OC(C)(C)C)CC2)ccc1C#N. The summed E-state index contributed by atoms with van der Waals surface area (Å²) in [5.74, 6) is 0.703. The third-order valence-electron chi connectivity index (χ3n) is 3.45. The number of hydrogen-bond acceptors (Lipinski definition) is 4. The molecule has 0 unspecified atom stereocenters. The van der Waals surface area contributed by atoms with Crippen molar-refractivity contribution in [2.75, 3.05) is 6.61 Å². The van der Waals surface area contributed by atoms with E-state index in [-0.39, 0.29) is 5.54 Å². The fourth-order valence-electron chi connectivity index (χ4n) is 2.05. The van der Waals surface area contributed by atoms with Crippen LogP contribution in [0.3, 0.4) is 0 Å². The molecule has 0 atom stereocenters. The standard InChI is InChI=1S/C17H22N2O3/c1-12-9-14(6-5-13(12)10-18)21-11-17(7-8-17)19-15(20)22-16(2,3)4/h5-6,9H,7-8,11H2,1-4H3,(H,19,20). The van der Waals surface area contributed by atoms with E-state index >= 15 is 0 Å². The maximum absolute atomic E-state index is 11.8. The molecule has 0 spiro atoms. The van der Waals surface area contributed by atoms with Gasteiger partial charge in [0.15, 0.2) is 0 Å². The highest BCUT2D eigenvalue weighted by Gasteiger charge is 2.46. The Morgan fingerprint density at radius 3 is 2.59 bits per heavy atom. The molecule has 1 amide bonds. The van der Waals surface area contributed by atoms with Gasteiger partial charge in [-0.2, -0.15) is 5.26 Å². The number of nitriles is 1. The fraction of sp³-hybridized carbons (Fsp3) is 0.529. The minimum Gasteiger partial charge on any atom is -0.491 e. The van der Waals surface area contributed by atoms with Crippen LogP contribution in [0.15, 0.2) is 18.2 Å². The van der Waals surface area contributed by atoms with Gasteiger partial charge in [-0.05, 0) is 64.3 Å². The molecule has 0 radical (unpaired) electrons. The van der Waals surface area contributed by atoms with E-state index in [4.69, 9.17) is 14.7 Å². The van der Waals surface area contributed by atoms with Crippen LogP contribution in [-0.4, -0.2) is 23.8 Å². The van der Waals surface area contributed by atoms with Crippen molar-refractivity contribution in [3.63, 3.8) is 0 Å². The summed E-state index contributed by atoms with van der Waals surface area (Å²) in [5, 5.41) is 11.8. The Labute approximate surface area is 131 Å². The van der Waals surface area contributed by atoms with Crippen LogP contribution < -0.4 is 10.1 Å². The lowest BCUT2D eigenvalue weighted by Crippen LogP contribution is -2.44. The molecule has 1 aliphatic rings. The number of benzene rings is 1. The Kier molecular flexibility index (Phi) is 4.32. The third-order valence-corrected chi connectivity index (χ3v) is 3.45. The zero-order valence-corrected chi connectivity index (χ0v) is 13.5. The molecule has 5 heteroatoms. The van der Waals surface area contributed by atoms with Crippen molar-refractivity contribution >= 4 is 6.09 Å². The second kappa shape index (κ2) is 5.88. The smallest absolute Gasteiger partial charge is 0.408 e. The van der Waals surface area contributed by atoms with Crippen LogP contribution in [0, 0.1) is 18.3 Å². The lowest BCUT2D eigenvalue weighted by Gasteiger charge is -2.23. The van der Waals surface area contributed by atoms with Crippen molar-refractivity contribution in [2.45, 2.75) is 51.7 Å². The van der Waals surface area contributed by atoms with Crippen molar-refractivity contribution in [3.8, 4) is 11.8 Å². The van der Waals surface area contributed by atoms with Crippen LogP contribution in [-0.2, 0) is 4.74 Å². The van der Waals surface area contributed by atoms with Crippen LogP contribution in [0.5, 0.6) is 5.75 Å². The molecular formula is C17H22N2O3. The quantitative estimate of drug-likeness (QED) is 0.926. The molecule has 0 bridgehead atoms. The van der Waals surface area contributed by atoms with Crippen molar-refractivity contribution in [2.24, 2.45) is 0 Å². The van der Waals surface area contributed by atoms with Gasteiger partial charge in [-0.15, -0.1) is 0 Å². The summed E-state index contributed by atoms with van der Waals surface area (Å²) >= 11 is 0. The molecule has 1 aromatic carbocycles. The highest BCUT2D eigenvalue weighted by Crippen LogP contribution is 2.36. The Morgan fingerprint density at radius 1 is 1.41 bits per heavy atom. The zero-order valence-electron chi connectivity index (χ0n) is 13.5. The maximum Gasteiger partial charge on any atom is 0.408 e. The van der Waals surface area contributed by atoms with Gasteiger partial charge in [-0.1, -0.05) is 0 Å². The largest absolute Gasteiger partial charge is 0.491 e. The van der Waals surface area contributed by atoms with Gasteiger partial charge in [0, 0.05) is 0 Å². The van der Waals surface area contributed by atoms with Crippen LogP contribution in [0.25, 0.3) is 0 Å². The van der Waals surface area contributed by atoms with Crippen molar-refractivity contribution in [1.29, 1.82) is 5.26 Å². The molecule has 118 valence electrons. The number of hydrogen-bond donors (Lipinski definition) is 1. The van der Waals surface area contributed by atoms with E-state index in [1.54, 1.807) is 12.1 Å². The van der Waals surface area contributed by atoms with Gasteiger partial charge in [0.25, 0.3) is 0 Å². The molecule has 0 saturated heterocycles. The molecule has 0 heterocycles. The van der Waals surface area contributed by atoms with Gasteiger partial charge in [0.2, 0.25) is 0 Å². The summed E-state index contributed by atoms with van der Waals surface area (Å²) in [6.45, 7) is 7.78. The normalized spacial score (nSPS) is 15.6. The van der Waals surface area contributed by atoms with E-state index in [1.807, 2.05) is 33.8 Å². The van der Waals surface area contributed by atoms with E-state index in [0.29, 0.717) is 17.9 Å². The van der Waals surface area contributed by atoms with Crippen LogP contribution in [0.4, 0.5) is 4.79 Å². The number of ether oxygens (including phenoxy) is 2. The molecule has 2 rings (SSSR count). The predicted molar refractivity (Wildman–Crippen MR) is 82.7 cm³/mol. The zero-order chi connectivity index (χ0) is 16.4. The Morgan fingerprint density at radius 2 is 2.09 bits per heavy atom. The van der Waals surface area contributed by atoms with E-state index in [0.717, 1.165) is 18.4 Å². The molecule has 5 nitrogen and oxygen atoms in total. The Balaban J connectivity index is 1.90. The number of rotatable bonds is 4. The first-order valence-electron chi connectivity index (χ1n) is 7.38. The first-order chi connectivity index (χ1) is 10.2. The maximum atomic E-state index is 11.8. The summed E-state index contributed by atoms with van der Waals surface area (Å²) in [7, 11) is 0. The number of amides is 1. The molecule has 1 N–H and O–H groups in total. The average Bonchev–Trinajstić information content (AvgIpc) is 3.14. The van der Waals surface area contributed by atoms with E-state index in [9.17, 15) is 4.79 Å². The number of carbonyl (C=O) groups is 1. The minimum absolute atomic E-state index is 0.329. The van der Waals surface area contributed by atoms with E-state index in [2.05, 4.69) is 11.4 Å². The van der Waals surface area contributed by atoms with Crippen LogP contribution >= 0.6 is 0 Å². The van der Waals surface area contributed by atoms with Gasteiger partial charge < -0.3 is 14.8 Å². The summed E-state index contributed by atoms with van der Waals surface area (Å²) < 4.78 is 11.0. The van der Waals surface area contributed by atoms with Gasteiger partial charge in [-0.25, -0.2) is 4.79 Å². The number of carbonyl (C=O) groups excluding carboxylic acids is 1. The highest BCUT2D eigenvalue weighted by atomic mass is 16.6.